The number of rotatable bonds is 5. The first-order chi connectivity index (χ1) is 5.73. The monoisotopic (exact) mass is 166 g/mol. The second-order valence-corrected chi connectivity index (χ2v) is 3.72. The summed E-state index contributed by atoms with van der Waals surface area (Å²) in [5.74, 6) is 0.480. The third kappa shape index (κ3) is 1.78. The summed E-state index contributed by atoms with van der Waals surface area (Å²) in [6.45, 7) is 7.35. The molecule has 0 saturated heterocycles. The lowest BCUT2D eigenvalue weighted by molar-refractivity contribution is -0.0453. The van der Waals surface area contributed by atoms with E-state index in [4.69, 9.17) is 0 Å². The Balaban J connectivity index is 2.55. The second kappa shape index (κ2) is 3.90. The molecule has 1 aliphatic rings. The Hall–Kier alpha value is -0.560. The molecule has 68 valence electrons. The molecule has 12 heavy (non-hydrogen) atoms. The van der Waals surface area contributed by atoms with Crippen LogP contribution in [0.3, 0.4) is 0 Å². The normalized spacial score (nSPS) is 18.4. The molecule has 1 N–H and O–H groups in total. The maximum atomic E-state index is 10.2. The molecule has 1 rings (SSSR count). The van der Waals surface area contributed by atoms with Crippen LogP contribution < -0.4 is 0 Å². The van der Waals surface area contributed by atoms with Crippen LogP contribution in [0.25, 0.3) is 0 Å². The van der Waals surface area contributed by atoms with Gasteiger partial charge in [-0.1, -0.05) is 18.6 Å². The molecule has 1 fully saturated rings. The van der Waals surface area contributed by atoms with E-state index in [0.29, 0.717) is 18.8 Å². The molecule has 1 heteroatoms. The van der Waals surface area contributed by atoms with Gasteiger partial charge in [0.05, 0.1) is 5.60 Å². The molecule has 1 aliphatic carbocycles. The van der Waals surface area contributed by atoms with Gasteiger partial charge in [0.15, 0.2) is 0 Å². The molecule has 0 unspecified atom stereocenters. The van der Waals surface area contributed by atoms with Gasteiger partial charge >= 0.3 is 0 Å². The van der Waals surface area contributed by atoms with E-state index in [1.54, 1.807) is 0 Å². The molecule has 0 aromatic carbocycles. The SMILES string of the molecule is C=CCC(O)(CC=C)C1CCC1. The molecule has 0 aromatic heterocycles. The number of hydrogen-bond donors (Lipinski definition) is 1. The van der Waals surface area contributed by atoms with Gasteiger partial charge in [0.25, 0.3) is 0 Å². The standard InChI is InChI=1S/C11H18O/c1-3-8-11(12,9-4-2)10-6-5-7-10/h3-4,10,12H,1-2,5-9H2. The van der Waals surface area contributed by atoms with Crippen molar-refractivity contribution in [1.82, 2.24) is 0 Å². The molecule has 1 saturated carbocycles. The molecule has 0 aliphatic heterocycles. The van der Waals surface area contributed by atoms with Crippen molar-refractivity contribution in [2.45, 2.75) is 37.7 Å². The van der Waals surface area contributed by atoms with Crippen molar-refractivity contribution in [3.63, 3.8) is 0 Å². The van der Waals surface area contributed by atoms with Crippen molar-refractivity contribution in [3.8, 4) is 0 Å². The summed E-state index contributed by atoms with van der Waals surface area (Å²) >= 11 is 0. The minimum Gasteiger partial charge on any atom is -0.389 e. The summed E-state index contributed by atoms with van der Waals surface area (Å²) in [6.07, 6.45) is 8.61. The van der Waals surface area contributed by atoms with Gasteiger partial charge in [-0.05, 0) is 31.6 Å². The molecule has 0 radical (unpaired) electrons. The average Bonchev–Trinajstić information content (AvgIpc) is 1.82. The van der Waals surface area contributed by atoms with E-state index in [1.807, 2.05) is 12.2 Å². The predicted octanol–water partition coefficient (Wildman–Crippen LogP) is 2.67. The Morgan fingerprint density at radius 2 is 1.75 bits per heavy atom. The maximum absolute atomic E-state index is 10.2. The zero-order valence-corrected chi connectivity index (χ0v) is 7.63. The molecular formula is C11H18O. The minimum atomic E-state index is -0.540. The van der Waals surface area contributed by atoms with Crippen molar-refractivity contribution < 1.29 is 5.11 Å². The van der Waals surface area contributed by atoms with E-state index in [1.165, 1.54) is 6.42 Å². The zero-order valence-electron chi connectivity index (χ0n) is 7.63. The van der Waals surface area contributed by atoms with Crippen LogP contribution in [-0.2, 0) is 0 Å². The highest BCUT2D eigenvalue weighted by Gasteiger charge is 2.37. The first kappa shape index (κ1) is 9.53. The maximum Gasteiger partial charge on any atom is 0.0744 e. The van der Waals surface area contributed by atoms with Gasteiger partial charge in [-0.2, -0.15) is 0 Å². The average molecular weight is 166 g/mol. The van der Waals surface area contributed by atoms with Crippen LogP contribution >= 0.6 is 0 Å². The smallest absolute Gasteiger partial charge is 0.0744 e. The third-order valence-electron chi connectivity index (χ3n) is 2.86. The van der Waals surface area contributed by atoms with Crippen molar-refractivity contribution in [1.29, 1.82) is 0 Å². The van der Waals surface area contributed by atoms with E-state index in [2.05, 4.69) is 13.2 Å². The quantitative estimate of drug-likeness (QED) is 0.622. The number of hydrogen-bond acceptors (Lipinski definition) is 1. The predicted molar refractivity (Wildman–Crippen MR) is 51.9 cm³/mol. The van der Waals surface area contributed by atoms with Crippen LogP contribution in [-0.4, -0.2) is 10.7 Å². The highest BCUT2D eigenvalue weighted by molar-refractivity contribution is 4.98. The van der Waals surface area contributed by atoms with Gasteiger partial charge in [0, 0.05) is 0 Å². The van der Waals surface area contributed by atoms with Gasteiger partial charge < -0.3 is 5.11 Å². The van der Waals surface area contributed by atoms with Crippen LogP contribution in [0.15, 0.2) is 25.3 Å². The first-order valence-corrected chi connectivity index (χ1v) is 4.67. The Labute approximate surface area is 74.8 Å². The Morgan fingerprint density at radius 1 is 1.25 bits per heavy atom. The summed E-state index contributed by atoms with van der Waals surface area (Å²) in [5.41, 5.74) is -0.540. The van der Waals surface area contributed by atoms with Gasteiger partial charge in [-0.15, -0.1) is 13.2 Å². The van der Waals surface area contributed by atoms with Gasteiger partial charge in [0.2, 0.25) is 0 Å². The molecule has 0 bridgehead atoms. The Kier molecular flexibility index (Phi) is 3.10. The lowest BCUT2D eigenvalue weighted by Crippen LogP contribution is -2.40. The van der Waals surface area contributed by atoms with Crippen LogP contribution in [0.4, 0.5) is 0 Å². The summed E-state index contributed by atoms with van der Waals surface area (Å²) < 4.78 is 0. The van der Waals surface area contributed by atoms with E-state index in [-0.39, 0.29) is 0 Å². The topological polar surface area (TPSA) is 20.2 Å². The minimum absolute atomic E-state index is 0.480. The Bertz CT molecular complexity index is 158. The fraction of sp³-hybridized carbons (Fsp3) is 0.636. The molecule has 0 aromatic rings. The fourth-order valence-electron chi connectivity index (χ4n) is 1.86. The van der Waals surface area contributed by atoms with E-state index < -0.39 is 5.60 Å². The van der Waals surface area contributed by atoms with Gasteiger partial charge in [0.1, 0.15) is 0 Å². The first-order valence-electron chi connectivity index (χ1n) is 4.67. The molecule has 0 atom stereocenters. The number of aliphatic hydroxyl groups is 1. The van der Waals surface area contributed by atoms with Crippen molar-refractivity contribution in [3.05, 3.63) is 25.3 Å². The van der Waals surface area contributed by atoms with Crippen LogP contribution in [0.2, 0.25) is 0 Å². The van der Waals surface area contributed by atoms with E-state index in [0.717, 1.165) is 12.8 Å². The lowest BCUT2D eigenvalue weighted by Gasteiger charge is -2.40. The van der Waals surface area contributed by atoms with Crippen molar-refractivity contribution in [2.75, 3.05) is 0 Å². The van der Waals surface area contributed by atoms with Gasteiger partial charge in [-0.3, -0.25) is 0 Å². The molecule has 0 spiro atoms. The second-order valence-electron chi connectivity index (χ2n) is 3.72. The Morgan fingerprint density at radius 3 is 2.00 bits per heavy atom. The van der Waals surface area contributed by atoms with E-state index >= 15 is 0 Å². The highest BCUT2D eigenvalue weighted by Crippen LogP contribution is 2.40. The molecular weight excluding hydrogens is 148 g/mol. The largest absolute Gasteiger partial charge is 0.389 e. The summed E-state index contributed by atoms with van der Waals surface area (Å²) in [5, 5.41) is 10.2. The molecule has 0 heterocycles. The fourth-order valence-corrected chi connectivity index (χ4v) is 1.86. The van der Waals surface area contributed by atoms with Crippen LogP contribution in [0.1, 0.15) is 32.1 Å². The van der Waals surface area contributed by atoms with Crippen molar-refractivity contribution >= 4 is 0 Å². The lowest BCUT2D eigenvalue weighted by atomic mass is 9.70. The molecule has 1 nitrogen and oxygen atoms in total. The summed E-state index contributed by atoms with van der Waals surface area (Å²) in [4.78, 5) is 0. The highest BCUT2D eigenvalue weighted by atomic mass is 16.3. The van der Waals surface area contributed by atoms with Crippen LogP contribution in [0, 0.1) is 5.92 Å². The summed E-state index contributed by atoms with van der Waals surface area (Å²) in [6, 6.07) is 0. The van der Waals surface area contributed by atoms with Crippen molar-refractivity contribution in [2.24, 2.45) is 5.92 Å². The summed E-state index contributed by atoms with van der Waals surface area (Å²) in [7, 11) is 0. The molecule has 0 amide bonds. The van der Waals surface area contributed by atoms with Gasteiger partial charge in [-0.25, -0.2) is 0 Å². The third-order valence-corrected chi connectivity index (χ3v) is 2.86. The van der Waals surface area contributed by atoms with E-state index in [9.17, 15) is 5.11 Å². The zero-order chi connectivity index (χ0) is 9.03. The van der Waals surface area contributed by atoms with Crippen LogP contribution in [0.5, 0.6) is 0 Å².